The third-order valence-corrected chi connectivity index (χ3v) is 4.19. The zero-order valence-corrected chi connectivity index (χ0v) is 16.5. The van der Waals surface area contributed by atoms with Crippen LogP contribution in [-0.4, -0.2) is 25.1 Å². The van der Waals surface area contributed by atoms with Gasteiger partial charge in [-0.15, -0.1) is 0 Å². The van der Waals surface area contributed by atoms with Crippen LogP contribution in [0.5, 0.6) is 5.75 Å². The molecule has 0 unspecified atom stereocenters. The number of carbonyl (C=O) groups is 2. The number of benzene rings is 2. The highest BCUT2D eigenvalue weighted by molar-refractivity contribution is 9.10. The fourth-order valence-corrected chi connectivity index (χ4v) is 2.89. The van der Waals surface area contributed by atoms with Gasteiger partial charge in [-0.3, -0.25) is 9.59 Å². The average Bonchev–Trinajstić information content (AvgIpc) is 2.62. The van der Waals surface area contributed by atoms with Crippen molar-refractivity contribution < 1.29 is 19.1 Å². The zero-order valence-electron chi connectivity index (χ0n) is 14.9. The summed E-state index contributed by atoms with van der Waals surface area (Å²) in [5.74, 6) is -0.0104. The van der Waals surface area contributed by atoms with Gasteiger partial charge >= 0.3 is 5.97 Å². The molecule has 138 valence electrons. The van der Waals surface area contributed by atoms with Gasteiger partial charge in [-0.25, -0.2) is 0 Å². The standard InChI is InChI=1S/C20H22BrNO4/c1-3-25-18-7-5-4-6-15(18)8-11-20(24)26-13-19(23)22-17-10-9-16(21)12-14(17)2/h4-7,9-10,12H,3,8,11,13H2,1-2H3,(H,22,23). The van der Waals surface area contributed by atoms with Gasteiger partial charge in [0.15, 0.2) is 6.61 Å². The van der Waals surface area contributed by atoms with Crippen LogP contribution in [0, 0.1) is 6.92 Å². The third kappa shape index (κ3) is 6.19. The second-order valence-electron chi connectivity index (χ2n) is 5.71. The first-order valence-electron chi connectivity index (χ1n) is 8.42. The fourth-order valence-electron chi connectivity index (χ4n) is 2.42. The number of hydrogen-bond donors (Lipinski definition) is 1. The Morgan fingerprint density at radius 1 is 1.15 bits per heavy atom. The number of nitrogens with one attached hydrogen (secondary N) is 1. The van der Waals surface area contributed by atoms with Gasteiger partial charge < -0.3 is 14.8 Å². The summed E-state index contributed by atoms with van der Waals surface area (Å²) >= 11 is 3.37. The number of carbonyl (C=O) groups excluding carboxylic acids is 2. The van der Waals surface area contributed by atoms with Crippen LogP contribution in [0.2, 0.25) is 0 Å². The largest absolute Gasteiger partial charge is 0.494 e. The Labute approximate surface area is 161 Å². The lowest BCUT2D eigenvalue weighted by molar-refractivity contribution is -0.147. The number of hydrogen-bond acceptors (Lipinski definition) is 4. The molecule has 1 amide bonds. The summed E-state index contributed by atoms with van der Waals surface area (Å²) < 4.78 is 11.5. The van der Waals surface area contributed by atoms with E-state index in [9.17, 15) is 9.59 Å². The van der Waals surface area contributed by atoms with E-state index in [0.717, 1.165) is 21.3 Å². The molecule has 0 aliphatic heterocycles. The minimum absolute atomic E-state index is 0.189. The summed E-state index contributed by atoms with van der Waals surface area (Å²) in [6, 6.07) is 13.1. The quantitative estimate of drug-likeness (QED) is 0.648. The lowest BCUT2D eigenvalue weighted by Crippen LogP contribution is -2.21. The Balaban J connectivity index is 1.79. The van der Waals surface area contributed by atoms with Gasteiger partial charge in [-0.2, -0.15) is 0 Å². The second-order valence-corrected chi connectivity index (χ2v) is 6.62. The lowest BCUT2D eigenvalue weighted by Gasteiger charge is -2.11. The second kappa shape index (κ2) is 9.97. The number of rotatable bonds is 8. The van der Waals surface area contributed by atoms with Gasteiger partial charge in [0, 0.05) is 16.6 Å². The van der Waals surface area contributed by atoms with Crippen LogP contribution in [-0.2, 0) is 20.7 Å². The van der Waals surface area contributed by atoms with Crippen LogP contribution in [0.4, 0.5) is 5.69 Å². The van der Waals surface area contributed by atoms with Crippen LogP contribution in [0.3, 0.4) is 0 Å². The number of ether oxygens (including phenoxy) is 2. The van der Waals surface area contributed by atoms with Crippen LogP contribution in [0.25, 0.3) is 0 Å². The van der Waals surface area contributed by atoms with Gasteiger partial charge in [0.2, 0.25) is 0 Å². The molecule has 2 rings (SSSR count). The predicted molar refractivity (Wildman–Crippen MR) is 104 cm³/mol. The SMILES string of the molecule is CCOc1ccccc1CCC(=O)OCC(=O)Nc1ccc(Br)cc1C. The zero-order chi connectivity index (χ0) is 18.9. The van der Waals surface area contributed by atoms with Gasteiger partial charge in [0.05, 0.1) is 6.61 Å². The van der Waals surface area contributed by atoms with E-state index < -0.39 is 5.97 Å². The van der Waals surface area contributed by atoms with Crippen molar-refractivity contribution in [1.82, 2.24) is 0 Å². The van der Waals surface area contributed by atoms with E-state index in [-0.39, 0.29) is 18.9 Å². The van der Waals surface area contributed by atoms with Crippen molar-refractivity contribution in [2.45, 2.75) is 26.7 Å². The van der Waals surface area contributed by atoms with Crippen molar-refractivity contribution >= 4 is 33.5 Å². The van der Waals surface area contributed by atoms with Crippen LogP contribution < -0.4 is 10.1 Å². The third-order valence-electron chi connectivity index (χ3n) is 3.70. The van der Waals surface area contributed by atoms with Crippen LogP contribution in [0.1, 0.15) is 24.5 Å². The number of halogens is 1. The molecule has 5 nitrogen and oxygen atoms in total. The van der Waals surface area contributed by atoms with E-state index in [0.29, 0.717) is 18.7 Å². The Bertz CT molecular complexity index is 776. The van der Waals surface area contributed by atoms with Crippen molar-refractivity contribution in [3.05, 3.63) is 58.1 Å². The molecule has 6 heteroatoms. The molecule has 26 heavy (non-hydrogen) atoms. The highest BCUT2D eigenvalue weighted by Gasteiger charge is 2.11. The number of amides is 1. The average molecular weight is 420 g/mol. The normalized spacial score (nSPS) is 10.3. The summed E-state index contributed by atoms with van der Waals surface area (Å²) in [7, 11) is 0. The molecule has 0 fully saturated rings. The maximum Gasteiger partial charge on any atom is 0.306 e. The molecule has 0 heterocycles. The lowest BCUT2D eigenvalue weighted by atomic mass is 10.1. The van der Waals surface area contributed by atoms with Gasteiger partial charge in [-0.1, -0.05) is 34.1 Å². The molecule has 0 bridgehead atoms. The predicted octanol–water partition coefficient (Wildman–Crippen LogP) is 4.27. The summed E-state index contributed by atoms with van der Waals surface area (Å²) in [5.41, 5.74) is 2.56. The van der Waals surface area contributed by atoms with Crippen molar-refractivity contribution in [1.29, 1.82) is 0 Å². The van der Waals surface area contributed by atoms with Crippen LogP contribution in [0.15, 0.2) is 46.9 Å². The van der Waals surface area contributed by atoms with E-state index in [1.165, 1.54) is 0 Å². The molecule has 0 spiro atoms. The van der Waals surface area contributed by atoms with E-state index in [2.05, 4.69) is 21.2 Å². The first-order chi connectivity index (χ1) is 12.5. The monoisotopic (exact) mass is 419 g/mol. The van der Waals surface area contributed by atoms with Gasteiger partial charge in [0.1, 0.15) is 5.75 Å². The topological polar surface area (TPSA) is 64.6 Å². The molecule has 2 aromatic carbocycles. The molecule has 1 N–H and O–H groups in total. The Hall–Kier alpha value is -2.34. The van der Waals surface area contributed by atoms with E-state index in [1.54, 1.807) is 6.07 Å². The highest BCUT2D eigenvalue weighted by atomic mass is 79.9. The maximum absolute atomic E-state index is 11.9. The van der Waals surface area contributed by atoms with Gasteiger partial charge in [0.25, 0.3) is 5.91 Å². The number of anilines is 1. The highest BCUT2D eigenvalue weighted by Crippen LogP contribution is 2.21. The molecule has 0 aromatic heterocycles. The van der Waals surface area contributed by atoms with Crippen LogP contribution >= 0.6 is 15.9 Å². The Morgan fingerprint density at radius 3 is 2.65 bits per heavy atom. The minimum atomic E-state index is -0.418. The summed E-state index contributed by atoms with van der Waals surface area (Å²) in [4.78, 5) is 23.9. The Morgan fingerprint density at radius 2 is 1.92 bits per heavy atom. The molecule has 0 aliphatic carbocycles. The van der Waals surface area contributed by atoms with Gasteiger partial charge in [-0.05, 0) is 55.7 Å². The summed E-state index contributed by atoms with van der Waals surface area (Å²) in [5, 5.41) is 2.74. The minimum Gasteiger partial charge on any atom is -0.494 e. The van der Waals surface area contributed by atoms with E-state index >= 15 is 0 Å². The fraction of sp³-hybridized carbons (Fsp3) is 0.300. The molecule has 0 atom stereocenters. The summed E-state index contributed by atoms with van der Waals surface area (Å²) in [6.45, 7) is 4.07. The number of esters is 1. The van der Waals surface area contributed by atoms with Crippen molar-refractivity contribution in [2.75, 3.05) is 18.5 Å². The molecular formula is C20H22BrNO4. The first kappa shape index (κ1) is 20.0. The molecule has 0 aliphatic rings. The number of para-hydroxylation sites is 1. The molecular weight excluding hydrogens is 398 g/mol. The first-order valence-corrected chi connectivity index (χ1v) is 9.21. The molecule has 0 radical (unpaired) electrons. The smallest absolute Gasteiger partial charge is 0.306 e. The molecule has 0 saturated heterocycles. The van der Waals surface area contributed by atoms with Crippen molar-refractivity contribution in [2.24, 2.45) is 0 Å². The van der Waals surface area contributed by atoms with E-state index in [4.69, 9.17) is 9.47 Å². The molecule has 0 saturated carbocycles. The maximum atomic E-state index is 11.9. The molecule has 2 aromatic rings. The summed E-state index contributed by atoms with van der Waals surface area (Å²) in [6.07, 6.45) is 0.692. The number of aryl methyl sites for hydroxylation is 2. The van der Waals surface area contributed by atoms with Crippen molar-refractivity contribution in [3.8, 4) is 5.75 Å². The Kier molecular flexibility index (Phi) is 7.66. The van der Waals surface area contributed by atoms with E-state index in [1.807, 2.05) is 50.2 Å². The van der Waals surface area contributed by atoms with Crippen molar-refractivity contribution in [3.63, 3.8) is 0 Å².